The minimum Gasteiger partial charge on any atom is -0.493 e. The van der Waals surface area contributed by atoms with E-state index in [4.69, 9.17) is 10.00 Å². The number of hydrogen-bond donors (Lipinski definition) is 0. The maximum atomic E-state index is 8.82. The van der Waals surface area contributed by atoms with Crippen LogP contribution in [-0.2, 0) is 0 Å². The van der Waals surface area contributed by atoms with E-state index in [9.17, 15) is 0 Å². The fourth-order valence-electron chi connectivity index (χ4n) is 1.61. The van der Waals surface area contributed by atoms with E-state index in [-0.39, 0.29) is 0 Å². The van der Waals surface area contributed by atoms with Gasteiger partial charge >= 0.3 is 0 Å². The number of benzene rings is 2. The number of nitrogens with zero attached hydrogens (tertiary/aromatic N) is 1. The molecule has 0 N–H and O–H groups in total. The molecule has 16 heavy (non-hydrogen) atoms. The molecule has 0 spiro atoms. The largest absolute Gasteiger partial charge is 0.493 e. The first-order valence-electron chi connectivity index (χ1n) is 5.01. The minimum absolute atomic E-state index is 0.639. The monoisotopic (exact) mass is 275 g/mol. The van der Waals surface area contributed by atoms with E-state index in [1.807, 2.05) is 37.3 Å². The molecule has 0 saturated heterocycles. The van der Waals surface area contributed by atoms with Crippen molar-refractivity contribution in [2.75, 3.05) is 6.61 Å². The molecule has 2 aromatic rings. The molecule has 0 fully saturated rings. The summed E-state index contributed by atoms with van der Waals surface area (Å²) in [6.45, 7) is 2.59. The molecule has 0 aromatic heterocycles. The standard InChI is InChI=1S/C13H10BrNO/c1-2-16-12-6-4-10-7-9(8-15)3-5-11(10)13(12)14/h3-7H,2H2,1H3. The van der Waals surface area contributed by atoms with Crippen molar-refractivity contribution in [2.45, 2.75) is 6.92 Å². The molecule has 0 amide bonds. The molecule has 2 rings (SSSR count). The van der Waals surface area contributed by atoms with E-state index in [0.717, 1.165) is 21.0 Å². The van der Waals surface area contributed by atoms with Gasteiger partial charge in [-0.1, -0.05) is 12.1 Å². The Hall–Kier alpha value is -1.53. The van der Waals surface area contributed by atoms with Gasteiger partial charge in [-0.05, 0) is 51.8 Å². The second kappa shape index (κ2) is 4.54. The van der Waals surface area contributed by atoms with E-state index >= 15 is 0 Å². The lowest BCUT2D eigenvalue weighted by Gasteiger charge is -2.08. The quantitative estimate of drug-likeness (QED) is 0.834. The summed E-state index contributed by atoms with van der Waals surface area (Å²) in [5, 5.41) is 10.9. The maximum Gasteiger partial charge on any atom is 0.134 e. The highest BCUT2D eigenvalue weighted by Gasteiger charge is 2.06. The van der Waals surface area contributed by atoms with Crippen LogP contribution in [0.25, 0.3) is 10.8 Å². The molecular formula is C13H10BrNO. The number of rotatable bonds is 2. The van der Waals surface area contributed by atoms with E-state index in [1.165, 1.54) is 0 Å². The molecule has 0 aliphatic carbocycles. The third kappa shape index (κ3) is 1.89. The molecule has 0 radical (unpaired) electrons. The van der Waals surface area contributed by atoms with Crippen LogP contribution in [0.2, 0.25) is 0 Å². The van der Waals surface area contributed by atoms with Crippen LogP contribution in [0.5, 0.6) is 5.75 Å². The average Bonchev–Trinajstić information content (AvgIpc) is 2.32. The number of nitriles is 1. The Kier molecular flexibility index (Phi) is 3.12. The second-order valence-electron chi connectivity index (χ2n) is 3.36. The van der Waals surface area contributed by atoms with Crippen LogP contribution in [0.15, 0.2) is 34.8 Å². The van der Waals surface area contributed by atoms with Crippen LogP contribution in [0.4, 0.5) is 0 Å². The molecule has 2 nitrogen and oxygen atoms in total. The number of ether oxygens (including phenoxy) is 1. The summed E-state index contributed by atoms with van der Waals surface area (Å²) in [6, 6.07) is 11.6. The Morgan fingerprint density at radius 1 is 1.31 bits per heavy atom. The van der Waals surface area contributed by atoms with Gasteiger partial charge in [0, 0.05) is 0 Å². The fraction of sp³-hybridized carbons (Fsp3) is 0.154. The Labute approximate surface area is 103 Å². The van der Waals surface area contributed by atoms with Gasteiger partial charge < -0.3 is 4.74 Å². The van der Waals surface area contributed by atoms with Crippen molar-refractivity contribution in [1.82, 2.24) is 0 Å². The lowest BCUT2D eigenvalue weighted by atomic mass is 10.1. The van der Waals surface area contributed by atoms with Gasteiger partial charge in [0.05, 0.1) is 22.7 Å². The molecule has 0 aliphatic rings. The van der Waals surface area contributed by atoms with E-state index in [1.54, 1.807) is 0 Å². The Bertz CT molecular complexity index is 572. The van der Waals surface area contributed by atoms with Crippen molar-refractivity contribution < 1.29 is 4.74 Å². The number of hydrogen-bond acceptors (Lipinski definition) is 2. The van der Waals surface area contributed by atoms with Crippen molar-refractivity contribution in [1.29, 1.82) is 5.26 Å². The van der Waals surface area contributed by atoms with Crippen molar-refractivity contribution in [3.05, 3.63) is 40.4 Å². The lowest BCUT2D eigenvalue weighted by molar-refractivity contribution is 0.338. The summed E-state index contributed by atoms with van der Waals surface area (Å²) >= 11 is 3.52. The third-order valence-corrected chi connectivity index (χ3v) is 3.17. The van der Waals surface area contributed by atoms with Crippen molar-refractivity contribution >= 4 is 26.7 Å². The Morgan fingerprint density at radius 2 is 2.12 bits per heavy atom. The predicted molar refractivity (Wildman–Crippen MR) is 67.5 cm³/mol. The van der Waals surface area contributed by atoms with Gasteiger partial charge in [0.2, 0.25) is 0 Å². The van der Waals surface area contributed by atoms with E-state index in [0.29, 0.717) is 12.2 Å². The molecule has 80 valence electrons. The van der Waals surface area contributed by atoms with Crippen LogP contribution < -0.4 is 4.74 Å². The summed E-state index contributed by atoms with van der Waals surface area (Å²) in [5.74, 6) is 0.833. The molecular weight excluding hydrogens is 266 g/mol. The summed E-state index contributed by atoms with van der Waals surface area (Å²) in [4.78, 5) is 0. The van der Waals surface area contributed by atoms with Crippen LogP contribution in [0, 0.1) is 11.3 Å². The predicted octanol–water partition coefficient (Wildman–Crippen LogP) is 3.87. The van der Waals surface area contributed by atoms with Crippen LogP contribution in [0.3, 0.4) is 0 Å². The SMILES string of the molecule is CCOc1ccc2cc(C#N)ccc2c1Br. The van der Waals surface area contributed by atoms with Crippen molar-refractivity contribution in [2.24, 2.45) is 0 Å². The number of fused-ring (bicyclic) bond motifs is 1. The molecule has 0 bridgehead atoms. The topological polar surface area (TPSA) is 33.0 Å². The van der Waals surface area contributed by atoms with Gasteiger partial charge in [0.15, 0.2) is 0 Å². The molecule has 0 heterocycles. The maximum absolute atomic E-state index is 8.82. The fourth-order valence-corrected chi connectivity index (χ4v) is 2.22. The zero-order valence-corrected chi connectivity index (χ0v) is 10.4. The molecule has 0 aliphatic heterocycles. The second-order valence-corrected chi connectivity index (χ2v) is 4.15. The van der Waals surface area contributed by atoms with Crippen LogP contribution >= 0.6 is 15.9 Å². The summed E-state index contributed by atoms with van der Waals surface area (Å²) in [5.41, 5.74) is 0.670. The van der Waals surface area contributed by atoms with Gasteiger partial charge in [0.25, 0.3) is 0 Å². The smallest absolute Gasteiger partial charge is 0.134 e. The normalized spacial score (nSPS) is 10.1. The van der Waals surface area contributed by atoms with Gasteiger partial charge in [-0.2, -0.15) is 5.26 Å². The summed E-state index contributed by atoms with van der Waals surface area (Å²) in [6.07, 6.45) is 0. The van der Waals surface area contributed by atoms with Gasteiger partial charge in [-0.15, -0.1) is 0 Å². The Balaban J connectivity index is 2.63. The summed E-state index contributed by atoms with van der Waals surface area (Å²) < 4.78 is 6.43. The minimum atomic E-state index is 0.639. The Morgan fingerprint density at radius 3 is 2.81 bits per heavy atom. The van der Waals surface area contributed by atoms with E-state index in [2.05, 4.69) is 22.0 Å². The third-order valence-electron chi connectivity index (χ3n) is 2.35. The van der Waals surface area contributed by atoms with Gasteiger partial charge in [-0.3, -0.25) is 0 Å². The molecule has 0 unspecified atom stereocenters. The highest BCUT2D eigenvalue weighted by Crippen LogP contribution is 2.33. The molecule has 2 aromatic carbocycles. The molecule has 0 atom stereocenters. The van der Waals surface area contributed by atoms with Gasteiger partial charge in [0.1, 0.15) is 5.75 Å². The average molecular weight is 276 g/mol. The van der Waals surface area contributed by atoms with Crippen molar-refractivity contribution in [3.8, 4) is 11.8 Å². The highest BCUT2D eigenvalue weighted by molar-refractivity contribution is 9.10. The summed E-state index contributed by atoms with van der Waals surface area (Å²) in [7, 11) is 0. The molecule has 0 saturated carbocycles. The van der Waals surface area contributed by atoms with Crippen LogP contribution in [0.1, 0.15) is 12.5 Å². The highest BCUT2D eigenvalue weighted by atomic mass is 79.9. The number of halogens is 1. The van der Waals surface area contributed by atoms with Gasteiger partial charge in [-0.25, -0.2) is 0 Å². The van der Waals surface area contributed by atoms with Crippen molar-refractivity contribution in [3.63, 3.8) is 0 Å². The first-order valence-corrected chi connectivity index (χ1v) is 5.80. The zero-order valence-electron chi connectivity index (χ0n) is 8.83. The first kappa shape index (κ1) is 11.0. The lowest BCUT2D eigenvalue weighted by Crippen LogP contribution is -1.92. The van der Waals surface area contributed by atoms with Crippen LogP contribution in [-0.4, -0.2) is 6.61 Å². The molecule has 3 heteroatoms. The first-order chi connectivity index (χ1) is 7.76. The van der Waals surface area contributed by atoms with E-state index < -0.39 is 0 Å². The zero-order chi connectivity index (χ0) is 11.5.